The highest BCUT2D eigenvalue weighted by Crippen LogP contribution is 2.23. The van der Waals surface area contributed by atoms with Gasteiger partial charge in [-0.1, -0.05) is 12.1 Å². The molecule has 0 spiro atoms. The number of carbonyl (C=O) groups excluding carboxylic acids is 1. The minimum atomic E-state index is -0.0187. The van der Waals surface area contributed by atoms with Gasteiger partial charge in [-0.15, -0.1) is 0 Å². The average molecular weight is 336 g/mol. The number of hydrogen-bond acceptors (Lipinski definition) is 5. The molecule has 1 saturated heterocycles. The van der Waals surface area contributed by atoms with Crippen LogP contribution in [0.2, 0.25) is 0 Å². The maximum absolute atomic E-state index is 12.4. The molecule has 1 atom stereocenters. The number of nitrogens with zero attached hydrogens (tertiary/aromatic N) is 4. The van der Waals surface area contributed by atoms with Crippen molar-refractivity contribution in [3.63, 3.8) is 0 Å². The predicted octanol–water partition coefficient (Wildman–Crippen LogP) is 1.97. The third-order valence-electron chi connectivity index (χ3n) is 4.52. The van der Waals surface area contributed by atoms with E-state index in [0.717, 1.165) is 41.4 Å². The molecule has 128 valence electrons. The fourth-order valence-corrected chi connectivity index (χ4v) is 3.12. The fraction of sp³-hybridized carbons (Fsp3) is 0.333. The summed E-state index contributed by atoms with van der Waals surface area (Å²) in [6, 6.07) is 5.99. The van der Waals surface area contributed by atoms with E-state index < -0.39 is 0 Å². The molecule has 4 rings (SSSR count). The van der Waals surface area contributed by atoms with Crippen LogP contribution in [0.25, 0.3) is 22.0 Å². The quantitative estimate of drug-likeness (QED) is 0.764. The van der Waals surface area contributed by atoms with Gasteiger partial charge in [0.05, 0.1) is 17.6 Å². The van der Waals surface area contributed by atoms with Crippen LogP contribution in [0.1, 0.15) is 12.8 Å². The largest absolute Gasteiger partial charge is 0.316 e. The van der Waals surface area contributed by atoms with Gasteiger partial charge in [0, 0.05) is 36.9 Å². The predicted molar refractivity (Wildman–Crippen MR) is 96.0 cm³/mol. The molecule has 0 radical (unpaired) electrons. The third kappa shape index (κ3) is 3.36. The lowest BCUT2D eigenvalue weighted by atomic mass is 9.99. The van der Waals surface area contributed by atoms with Crippen molar-refractivity contribution in [2.75, 3.05) is 18.4 Å². The van der Waals surface area contributed by atoms with E-state index in [2.05, 4.69) is 25.7 Å². The summed E-state index contributed by atoms with van der Waals surface area (Å²) in [5.74, 6) is 0.316. The molecule has 7 nitrogen and oxygen atoms in total. The van der Waals surface area contributed by atoms with E-state index in [-0.39, 0.29) is 11.8 Å². The summed E-state index contributed by atoms with van der Waals surface area (Å²) in [7, 11) is 1.89. The molecular weight excluding hydrogens is 316 g/mol. The molecule has 0 bridgehead atoms. The van der Waals surface area contributed by atoms with Crippen LogP contribution in [0.5, 0.6) is 0 Å². The van der Waals surface area contributed by atoms with Crippen molar-refractivity contribution in [2.24, 2.45) is 13.0 Å². The summed E-state index contributed by atoms with van der Waals surface area (Å²) in [5, 5.41) is 11.2. The van der Waals surface area contributed by atoms with E-state index in [0.29, 0.717) is 12.5 Å². The van der Waals surface area contributed by atoms with Crippen molar-refractivity contribution in [1.82, 2.24) is 25.1 Å². The van der Waals surface area contributed by atoms with Crippen LogP contribution in [0.3, 0.4) is 0 Å². The Morgan fingerprint density at radius 3 is 3.00 bits per heavy atom. The Labute approximate surface area is 145 Å². The molecule has 3 heterocycles. The first-order chi connectivity index (χ1) is 12.2. The molecular formula is C18H20N6O. The third-order valence-corrected chi connectivity index (χ3v) is 4.52. The molecule has 2 N–H and O–H groups in total. The second-order valence-electron chi connectivity index (χ2n) is 6.40. The van der Waals surface area contributed by atoms with Gasteiger partial charge in [0.15, 0.2) is 0 Å². The van der Waals surface area contributed by atoms with Crippen molar-refractivity contribution in [3.05, 3.63) is 36.8 Å². The number of rotatable bonds is 3. The zero-order chi connectivity index (χ0) is 17.2. The first-order valence-electron chi connectivity index (χ1n) is 8.46. The molecule has 1 aromatic carbocycles. The van der Waals surface area contributed by atoms with E-state index in [4.69, 9.17) is 0 Å². The van der Waals surface area contributed by atoms with Gasteiger partial charge in [-0.25, -0.2) is 9.97 Å². The topological polar surface area (TPSA) is 84.7 Å². The summed E-state index contributed by atoms with van der Waals surface area (Å²) in [6.45, 7) is 1.69. The van der Waals surface area contributed by atoms with Crippen molar-refractivity contribution in [2.45, 2.75) is 12.8 Å². The number of nitrogens with one attached hydrogen (secondary N) is 2. The van der Waals surface area contributed by atoms with Crippen LogP contribution < -0.4 is 10.6 Å². The lowest BCUT2D eigenvalue weighted by molar-refractivity contribution is -0.120. The Hall–Kier alpha value is -2.80. The summed E-state index contributed by atoms with van der Waals surface area (Å²) in [5.41, 5.74) is 2.86. The van der Waals surface area contributed by atoms with Crippen molar-refractivity contribution in [3.8, 4) is 11.1 Å². The number of benzene rings is 1. The number of hydrogen-bond donors (Lipinski definition) is 2. The Morgan fingerprint density at radius 1 is 1.32 bits per heavy atom. The Morgan fingerprint density at radius 2 is 2.24 bits per heavy atom. The molecule has 7 heteroatoms. The maximum Gasteiger partial charge on any atom is 0.231 e. The minimum Gasteiger partial charge on any atom is -0.316 e. The Balaban J connectivity index is 1.59. The van der Waals surface area contributed by atoms with Gasteiger partial charge in [0.25, 0.3) is 0 Å². The number of piperidine rings is 1. The smallest absolute Gasteiger partial charge is 0.231 e. The zero-order valence-electron chi connectivity index (χ0n) is 14.1. The molecule has 2 aromatic heterocycles. The highest BCUT2D eigenvalue weighted by atomic mass is 16.2. The van der Waals surface area contributed by atoms with Crippen LogP contribution in [0, 0.1) is 5.92 Å². The fourth-order valence-electron chi connectivity index (χ4n) is 3.12. The second-order valence-corrected chi connectivity index (χ2v) is 6.40. The molecule has 1 amide bonds. The normalized spacial score (nSPS) is 17.6. The zero-order valence-corrected chi connectivity index (χ0v) is 14.1. The number of anilines is 1. The SMILES string of the molecule is Cn1cc(-c2ccc3cnc(NC(=O)C4CCCNC4)nc3c2)cn1. The summed E-state index contributed by atoms with van der Waals surface area (Å²) in [6.07, 6.45) is 7.44. The van der Waals surface area contributed by atoms with Crippen LogP contribution in [-0.4, -0.2) is 38.7 Å². The van der Waals surface area contributed by atoms with Crippen LogP contribution >= 0.6 is 0 Å². The van der Waals surface area contributed by atoms with Gasteiger partial charge >= 0.3 is 0 Å². The molecule has 3 aromatic rings. The van der Waals surface area contributed by atoms with Crippen LogP contribution in [0.4, 0.5) is 5.95 Å². The monoisotopic (exact) mass is 336 g/mol. The second kappa shape index (κ2) is 6.60. The maximum atomic E-state index is 12.4. The van der Waals surface area contributed by atoms with Gasteiger partial charge in [0.2, 0.25) is 11.9 Å². The molecule has 1 unspecified atom stereocenters. The van der Waals surface area contributed by atoms with Gasteiger partial charge in [-0.05, 0) is 31.0 Å². The standard InChI is InChI=1S/C18H20N6O/c1-24-11-15(10-21-24)12-4-5-13-9-20-18(22-16(13)7-12)23-17(25)14-3-2-6-19-8-14/h4-5,7,9-11,14,19H,2-3,6,8H2,1H3,(H,20,22,23,25). The van der Waals surface area contributed by atoms with E-state index in [1.807, 2.05) is 37.6 Å². The number of fused-ring (bicyclic) bond motifs is 1. The van der Waals surface area contributed by atoms with Crippen LogP contribution in [-0.2, 0) is 11.8 Å². The highest BCUT2D eigenvalue weighted by Gasteiger charge is 2.21. The minimum absolute atomic E-state index is 0.0186. The van der Waals surface area contributed by atoms with Gasteiger partial charge in [-0.2, -0.15) is 5.10 Å². The van der Waals surface area contributed by atoms with E-state index in [1.165, 1.54) is 0 Å². The first kappa shape index (κ1) is 15.7. The van der Waals surface area contributed by atoms with Crippen LogP contribution in [0.15, 0.2) is 36.8 Å². The Kier molecular flexibility index (Phi) is 4.15. The summed E-state index contributed by atoms with van der Waals surface area (Å²) >= 11 is 0. The number of carbonyl (C=O) groups is 1. The molecule has 25 heavy (non-hydrogen) atoms. The molecule has 1 aliphatic rings. The number of aryl methyl sites for hydroxylation is 1. The van der Waals surface area contributed by atoms with Crippen molar-refractivity contribution < 1.29 is 4.79 Å². The lowest BCUT2D eigenvalue weighted by Crippen LogP contribution is -2.37. The van der Waals surface area contributed by atoms with E-state index in [1.54, 1.807) is 10.9 Å². The molecule has 1 fully saturated rings. The highest BCUT2D eigenvalue weighted by molar-refractivity contribution is 5.92. The number of aromatic nitrogens is 4. The first-order valence-corrected chi connectivity index (χ1v) is 8.46. The number of amides is 1. The molecule has 0 saturated carbocycles. The Bertz CT molecular complexity index is 913. The van der Waals surface area contributed by atoms with Crippen molar-refractivity contribution in [1.29, 1.82) is 0 Å². The van der Waals surface area contributed by atoms with Gasteiger partial charge < -0.3 is 5.32 Å². The summed E-state index contributed by atoms with van der Waals surface area (Å²) < 4.78 is 1.77. The van der Waals surface area contributed by atoms with Gasteiger partial charge in [-0.3, -0.25) is 14.8 Å². The summed E-state index contributed by atoms with van der Waals surface area (Å²) in [4.78, 5) is 21.1. The van der Waals surface area contributed by atoms with Gasteiger partial charge in [0.1, 0.15) is 0 Å². The van der Waals surface area contributed by atoms with E-state index in [9.17, 15) is 4.79 Å². The lowest BCUT2D eigenvalue weighted by Gasteiger charge is -2.21. The van der Waals surface area contributed by atoms with Crippen molar-refractivity contribution >= 4 is 22.8 Å². The molecule has 1 aliphatic heterocycles. The molecule has 0 aliphatic carbocycles. The van der Waals surface area contributed by atoms with E-state index >= 15 is 0 Å². The average Bonchev–Trinajstić information content (AvgIpc) is 3.08.